The van der Waals surface area contributed by atoms with E-state index in [2.05, 4.69) is 0 Å². The van der Waals surface area contributed by atoms with Crippen LogP contribution in [0.4, 0.5) is 0 Å². The molecule has 0 atom stereocenters. The van der Waals surface area contributed by atoms with Gasteiger partial charge in [-0.05, 0) is 29.8 Å². The first-order valence-electron chi connectivity index (χ1n) is 4.51. The van der Waals surface area contributed by atoms with Gasteiger partial charge in [-0.25, -0.2) is 4.79 Å². The fourth-order valence-electron chi connectivity index (χ4n) is 1.02. The molecule has 0 aliphatic rings. The Morgan fingerprint density at radius 3 is 2.35 bits per heavy atom. The molecule has 0 aromatic heterocycles. The van der Waals surface area contributed by atoms with Crippen molar-refractivity contribution in [1.82, 2.24) is 0 Å². The Hall–Kier alpha value is -1.76. The standard InChI is InChI=1S/C12H7Cl2NO2/c13-10-4-1-8(2-5-10)11(14)6-3-9(7-15)12(16)17/h1-6H,(H,16,17)/b9-3+,11-6+. The normalized spacial score (nSPS) is 12.1. The van der Waals surface area contributed by atoms with Gasteiger partial charge in [-0.3, -0.25) is 0 Å². The molecule has 0 saturated carbocycles. The van der Waals surface area contributed by atoms with E-state index in [1.54, 1.807) is 30.3 Å². The molecule has 0 saturated heterocycles. The number of nitrogens with zero attached hydrogens (tertiary/aromatic N) is 1. The van der Waals surface area contributed by atoms with Crippen LogP contribution in [0.5, 0.6) is 0 Å². The predicted octanol–water partition coefficient (Wildman–Crippen LogP) is 3.45. The van der Waals surface area contributed by atoms with Crippen molar-refractivity contribution >= 4 is 34.2 Å². The molecule has 0 aliphatic heterocycles. The topological polar surface area (TPSA) is 61.1 Å². The minimum Gasteiger partial charge on any atom is -0.477 e. The molecule has 5 heteroatoms. The lowest BCUT2D eigenvalue weighted by atomic mass is 10.2. The van der Waals surface area contributed by atoms with Gasteiger partial charge >= 0.3 is 5.97 Å². The lowest BCUT2D eigenvalue weighted by molar-refractivity contribution is -0.132. The average Bonchev–Trinajstić information content (AvgIpc) is 2.30. The Morgan fingerprint density at radius 1 is 1.29 bits per heavy atom. The highest BCUT2D eigenvalue weighted by atomic mass is 35.5. The van der Waals surface area contributed by atoms with Gasteiger partial charge in [-0.15, -0.1) is 0 Å². The SMILES string of the molecule is N#C/C(=C\C=C(\Cl)c1ccc(Cl)cc1)C(=O)O. The summed E-state index contributed by atoms with van der Waals surface area (Å²) in [5.41, 5.74) is 0.312. The van der Waals surface area contributed by atoms with Crippen LogP contribution in [0.2, 0.25) is 5.02 Å². The lowest BCUT2D eigenvalue weighted by Gasteiger charge is -1.97. The fourth-order valence-corrected chi connectivity index (χ4v) is 1.33. The maximum Gasteiger partial charge on any atom is 0.346 e. The minimum atomic E-state index is -1.29. The van der Waals surface area contributed by atoms with Gasteiger partial charge < -0.3 is 5.11 Å². The first kappa shape index (κ1) is 13.3. The number of hydrogen-bond acceptors (Lipinski definition) is 2. The quantitative estimate of drug-likeness (QED) is 0.518. The van der Waals surface area contributed by atoms with Crippen molar-refractivity contribution < 1.29 is 9.90 Å². The molecule has 0 spiro atoms. The van der Waals surface area contributed by atoms with Crippen molar-refractivity contribution in [3.8, 4) is 6.07 Å². The molecule has 0 bridgehead atoms. The van der Waals surface area contributed by atoms with Crippen LogP contribution in [0.25, 0.3) is 5.03 Å². The van der Waals surface area contributed by atoms with Gasteiger partial charge in [-0.2, -0.15) is 5.26 Å². The third-order valence-corrected chi connectivity index (χ3v) is 2.46. The zero-order valence-corrected chi connectivity index (χ0v) is 10.0. The van der Waals surface area contributed by atoms with Crippen molar-refractivity contribution in [2.24, 2.45) is 0 Å². The molecule has 1 N–H and O–H groups in total. The summed E-state index contributed by atoms with van der Waals surface area (Å²) in [6.45, 7) is 0. The number of carboxylic acids is 1. The van der Waals surface area contributed by atoms with Crippen LogP contribution in [0.1, 0.15) is 5.56 Å². The Morgan fingerprint density at radius 2 is 1.88 bits per heavy atom. The van der Waals surface area contributed by atoms with E-state index in [9.17, 15) is 4.79 Å². The molecule has 86 valence electrons. The van der Waals surface area contributed by atoms with Crippen LogP contribution in [0.3, 0.4) is 0 Å². The second kappa shape index (κ2) is 6.09. The summed E-state index contributed by atoms with van der Waals surface area (Å²) in [6.07, 6.45) is 2.51. The van der Waals surface area contributed by atoms with Gasteiger partial charge in [-0.1, -0.05) is 35.3 Å². The third-order valence-electron chi connectivity index (χ3n) is 1.87. The second-order valence-corrected chi connectivity index (χ2v) is 3.86. The number of carboxylic acid groups (broad SMARTS) is 1. The van der Waals surface area contributed by atoms with Crippen molar-refractivity contribution in [2.45, 2.75) is 0 Å². The zero-order valence-electron chi connectivity index (χ0n) is 8.52. The second-order valence-electron chi connectivity index (χ2n) is 3.02. The van der Waals surface area contributed by atoms with Gasteiger partial charge in [0.1, 0.15) is 11.6 Å². The van der Waals surface area contributed by atoms with E-state index in [0.29, 0.717) is 15.6 Å². The first-order valence-corrected chi connectivity index (χ1v) is 5.27. The summed E-state index contributed by atoms with van der Waals surface area (Å²) >= 11 is 11.6. The van der Waals surface area contributed by atoms with Crippen molar-refractivity contribution in [3.05, 3.63) is 52.6 Å². The maximum atomic E-state index is 10.5. The molecular formula is C12H7Cl2NO2. The van der Waals surface area contributed by atoms with Crippen molar-refractivity contribution in [3.63, 3.8) is 0 Å². The van der Waals surface area contributed by atoms with E-state index in [4.69, 9.17) is 33.6 Å². The number of halogens is 2. The summed E-state index contributed by atoms with van der Waals surface area (Å²) in [5, 5.41) is 18.0. The molecule has 0 amide bonds. The van der Waals surface area contributed by atoms with E-state index in [1.807, 2.05) is 0 Å². The molecule has 1 rings (SSSR count). The van der Waals surface area contributed by atoms with Crippen LogP contribution >= 0.6 is 23.2 Å². The number of carbonyl (C=O) groups is 1. The smallest absolute Gasteiger partial charge is 0.346 e. The molecule has 0 aliphatic carbocycles. The lowest BCUT2D eigenvalue weighted by Crippen LogP contribution is -1.96. The van der Waals surface area contributed by atoms with E-state index < -0.39 is 5.97 Å². The summed E-state index contributed by atoms with van der Waals surface area (Å²) in [6, 6.07) is 8.28. The molecule has 3 nitrogen and oxygen atoms in total. The van der Waals surface area contributed by atoms with Crippen LogP contribution in [-0.4, -0.2) is 11.1 Å². The van der Waals surface area contributed by atoms with Gasteiger partial charge in [0.25, 0.3) is 0 Å². The highest BCUT2D eigenvalue weighted by Gasteiger charge is 2.04. The number of hydrogen-bond donors (Lipinski definition) is 1. The van der Waals surface area contributed by atoms with Gasteiger partial charge in [0.2, 0.25) is 0 Å². The highest BCUT2D eigenvalue weighted by Crippen LogP contribution is 2.21. The number of benzene rings is 1. The van der Waals surface area contributed by atoms with Gasteiger partial charge in [0, 0.05) is 10.1 Å². The number of aliphatic carboxylic acids is 1. The first-order chi connectivity index (χ1) is 8.04. The number of allylic oxidation sites excluding steroid dienone is 2. The zero-order chi connectivity index (χ0) is 12.8. The highest BCUT2D eigenvalue weighted by molar-refractivity contribution is 6.49. The average molecular weight is 268 g/mol. The molecule has 17 heavy (non-hydrogen) atoms. The molecular weight excluding hydrogens is 261 g/mol. The van der Waals surface area contributed by atoms with Crippen LogP contribution < -0.4 is 0 Å². The van der Waals surface area contributed by atoms with Gasteiger partial charge in [0.15, 0.2) is 0 Å². The van der Waals surface area contributed by atoms with Crippen molar-refractivity contribution in [2.75, 3.05) is 0 Å². The van der Waals surface area contributed by atoms with E-state index in [-0.39, 0.29) is 5.57 Å². The van der Waals surface area contributed by atoms with Crippen LogP contribution in [0, 0.1) is 11.3 Å². The fraction of sp³-hybridized carbons (Fsp3) is 0. The van der Waals surface area contributed by atoms with Gasteiger partial charge in [0.05, 0.1) is 0 Å². The molecule has 0 radical (unpaired) electrons. The summed E-state index contributed by atoms with van der Waals surface area (Å²) in [7, 11) is 0. The number of rotatable bonds is 3. The molecule has 0 fully saturated rings. The number of nitriles is 1. The molecule has 1 aromatic rings. The largest absolute Gasteiger partial charge is 0.477 e. The van der Waals surface area contributed by atoms with Crippen LogP contribution in [-0.2, 0) is 4.79 Å². The molecule has 1 aromatic carbocycles. The summed E-state index contributed by atoms with van der Waals surface area (Å²) in [4.78, 5) is 10.5. The Balaban J connectivity index is 2.98. The van der Waals surface area contributed by atoms with E-state index in [0.717, 1.165) is 6.08 Å². The summed E-state index contributed by atoms with van der Waals surface area (Å²) in [5.74, 6) is -1.29. The van der Waals surface area contributed by atoms with E-state index in [1.165, 1.54) is 6.08 Å². The Kier molecular flexibility index (Phi) is 4.77. The predicted molar refractivity (Wildman–Crippen MR) is 66.6 cm³/mol. The molecule has 0 heterocycles. The minimum absolute atomic E-state index is 0.329. The van der Waals surface area contributed by atoms with Crippen LogP contribution in [0.15, 0.2) is 42.0 Å². The monoisotopic (exact) mass is 267 g/mol. The third kappa shape index (κ3) is 3.95. The van der Waals surface area contributed by atoms with Crippen molar-refractivity contribution in [1.29, 1.82) is 5.26 Å². The Bertz CT molecular complexity index is 524. The van der Waals surface area contributed by atoms with E-state index >= 15 is 0 Å². The summed E-state index contributed by atoms with van der Waals surface area (Å²) < 4.78 is 0. The Labute approximate surface area is 108 Å². The maximum absolute atomic E-state index is 10.5. The molecule has 0 unspecified atom stereocenters.